The molecule has 2 rings (SSSR count). The molecule has 0 aliphatic carbocycles. The van der Waals surface area contributed by atoms with Crippen molar-refractivity contribution in [3.8, 4) is 0 Å². The highest BCUT2D eigenvalue weighted by Gasteiger charge is 2.24. The first kappa shape index (κ1) is 18.7. The molecule has 5 nitrogen and oxygen atoms in total. The minimum Gasteiger partial charge on any atom is -0.326 e. The molecule has 132 valence electrons. The number of hydrogen-bond donors (Lipinski definition) is 3. The van der Waals surface area contributed by atoms with Crippen LogP contribution in [0, 0.1) is 11.7 Å². The molecule has 2 aromatic carbocycles. The first-order valence-electron chi connectivity index (χ1n) is 7.75. The summed E-state index contributed by atoms with van der Waals surface area (Å²) < 4.78 is 13.2. The van der Waals surface area contributed by atoms with E-state index in [-0.39, 0.29) is 10.9 Å². The molecule has 0 spiro atoms. The van der Waals surface area contributed by atoms with E-state index >= 15 is 0 Å². The van der Waals surface area contributed by atoms with Crippen molar-refractivity contribution in [3.63, 3.8) is 0 Å². The summed E-state index contributed by atoms with van der Waals surface area (Å²) in [7, 11) is 0. The van der Waals surface area contributed by atoms with Crippen LogP contribution in [-0.2, 0) is 4.79 Å². The normalized spacial score (nSPS) is 11.7. The van der Waals surface area contributed by atoms with E-state index in [9.17, 15) is 14.0 Å². The van der Waals surface area contributed by atoms with Crippen LogP contribution in [0.3, 0.4) is 0 Å². The van der Waals surface area contributed by atoms with Gasteiger partial charge < -0.3 is 16.0 Å². The second-order valence-electron chi connectivity index (χ2n) is 5.80. The summed E-state index contributed by atoms with van der Waals surface area (Å²) in [6.07, 6.45) is 0. The van der Waals surface area contributed by atoms with E-state index in [0.717, 1.165) is 6.07 Å². The summed E-state index contributed by atoms with van der Waals surface area (Å²) in [6.45, 7) is 3.62. The monoisotopic (exact) mass is 363 g/mol. The van der Waals surface area contributed by atoms with E-state index in [1.807, 2.05) is 19.9 Å². The maximum atomic E-state index is 13.2. The predicted molar refractivity (Wildman–Crippen MR) is 97.3 cm³/mol. The Balaban J connectivity index is 2.02. The highest BCUT2D eigenvalue weighted by molar-refractivity contribution is 6.31. The van der Waals surface area contributed by atoms with Crippen LogP contribution >= 0.6 is 11.6 Å². The average molecular weight is 364 g/mol. The Bertz CT molecular complexity index is 753. The van der Waals surface area contributed by atoms with Crippen LogP contribution in [0.1, 0.15) is 13.8 Å². The van der Waals surface area contributed by atoms with Gasteiger partial charge in [0.1, 0.15) is 11.9 Å². The molecule has 2 aromatic rings. The second-order valence-corrected chi connectivity index (χ2v) is 6.21. The number of amides is 3. The minimum atomic E-state index is -0.771. The molecule has 0 fully saturated rings. The molecule has 25 heavy (non-hydrogen) atoms. The van der Waals surface area contributed by atoms with Gasteiger partial charge in [0.05, 0.1) is 5.02 Å². The lowest BCUT2D eigenvalue weighted by Gasteiger charge is -2.22. The van der Waals surface area contributed by atoms with Crippen molar-refractivity contribution in [1.82, 2.24) is 5.32 Å². The molecule has 0 radical (unpaired) electrons. The van der Waals surface area contributed by atoms with Gasteiger partial charge >= 0.3 is 6.03 Å². The van der Waals surface area contributed by atoms with Crippen molar-refractivity contribution in [3.05, 3.63) is 59.4 Å². The zero-order valence-electron chi connectivity index (χ0n) is 13.8. The van der Waals surface area contributed by atoms with Gasteiger partial charge in [0, 0.05) is 11.4 Å². The van der Waals surface area contributed by atoms with Gasteiger partial charge in [-0.2, -0.15) is 0 Å². The molecular formula is C18H19ClFN3O2. The second kappa shape index (κ2) is 8.48. The highest BCUT2D eigenvalue weighted by atomic mass is 35.5. The van der Waals surface area contributed by atoms with Crippen molar-refractivity contribution in [2.45, 2.75) is 19.9 Å². The number of hydrogen-bond acceptors (Lipinski definition) is 2. The van der Waals surface area contributed by atoms with Crippen molar-refractivity contribution in [1.29, 1.82) is 0 Å². The van der Waals surface area contributed by atoms with E-state index in [2.05, 4.69) is 16.0 Å². The number of carbonyl (C=O) groups excluding carboxylic acids is 2. The minimum absolute atomic E-state index is 0.0892. The SMILES string of the molecule is CC(C)C(NC(=O)Nc1ccccc1)C(=O)Nc1ccc(F)c(Cl)c1. The third-order valence-electron chi connectivity index (χ3n) is 3.45. The number of para-hydroxylation sites is 1. The smallest absolute Gasteiger partial charge is 0.319 e. The lowest BCUT2D eigenvalue weighted by atomic mass is 10.0. The van der Waals surface area contributed by atoms with Crippen molar-refractivity contribution >= 4 is 34.9 Å². The van der Waals surface area contributed by atoms with E-state index in [4.69, 9.17) is 11.6 Å². The van der Waals surface area contributed by atoms with E-state index < -0.39 is 23.8 Å². The first-order valence-corrected chi connectivity index (χ1v) is 8.13. The maximum Gasteiger partial charge on any atom is 0.319 e. The molecular weight excluding hydrogens is 345 g/mol. The van der Waals surface area contributed by atoms with E-state index in [1.165, 1.54) is 12.1 Å². The van der Waals surface area contributed by atoms with Gasteiger partial charge in [-0.3, -0.25) is 4.79 Å². The lowest BCUT2D eigenvalue weighted by Crippen LogP contribution is -2.48. The molecule has 0 bridgehead atoms. The molecule has 3 N–H and O–H groups in total. The molecule has 0 aliphatic heterocycles. The van der Waals surface area contributed by atoms with E-state index in [1.54, 1.807) is 24.3 Å². The summed E-state index contributed by atoms with van der Waals surface area (Å²) in [5.41, 5.74) is 0.973. The molecule has 3 amide bonds. The number of anilines is 2. The average Bonchev–Trinajstić information content (AvgIpc) is 2.56. The fourth-order valence-corrected chi connectivity index (χ4v) is 2.34. The molecule has 0 saturated carbocycles. The zero-order valence-corrected chi connectivity index (χ0v) is 14.6. The molecule has 0 aromatic heterocycles. The number of carbonyl (C=O) groups is 2. The number of rotatable bonds is 5. The van der Waals surface area contributed by atoms with Crippen LogP contribution in [0.2, 0.25) is 5.02 Å². The van der Waals surface area contributed by atoms with Gasteiger partial charge in [-0.25, -0.2) is 9.18 Å². The fraction of sp³-hybridized carbons (Fsp3) is 0.222. The van der Waals surface area contributed by atoms with Gasteiger partial charge in [-0.15, -0.1) is 0 Å². The number of urea groups is 1. The van der Waals surface area contributed by atoms with Crippen LogP contribution in [0.15, 0.2) is 48.5 Å². The fourth-order valence-electron chi connectivity index (χ4n) is 2.16. The quantitative estimate of drug-likeness (QED) is 0.742. The summed E-state index contributed by atoms with van der Waals surface area (Å²) >= 11 is 5.71. The molecule has 1 atom stereocenters. The molecule has 0 saturated heterocycles. The Labute approximate surface area is 150 Å². The molecule has 1 unspecified atom stereocenters. The first-order chi connectivity index (χ1) is 11.9. The standard InChI is InChI=1S/C18H19ClFN3O2/c1-11(2)16(23-18(25)22-12-6-4-3-5-7-12)17(24)21-13-8-9-15(20)14(19)10-13/h3-11,16H,1-2H3,(H,21,24)(H2,22,23,25). The molecule has 0 aliphatic rings. The number of nitrogens with one attached hydrogen (secondary N) is 3. The van der Waals surface area contributed by atoms with Crippen LogP contribution in [0.25, 0.3) is 0 Å². The van der Waals surface area contributed by atoms with Gasteiger partial charge in [0.25, 0.3) is 0 Å². The van der Waals surface area contributed by atoms with E-state index in [0.29, 0.717) is 11.4 Å². The van der Waals surface area contributed by atoms with Crippen LogP contribution < -0.4 is 16.0 Å². The summed E-state index contributed by atoms with van der Waals surface area (Å²) in [5, 5.41) is 7.84. The van der Waals surface area contributed by atoms with Crippen LogP contribution in [-0.4, -0.2) is 18.0 Å². The van der Waals surface area contributed by atoms with Gasteiger partial charge in [-0.05, 0) is 36.2 Å². The Kier molecular flexibility index (Phi) is 6.36. The lowest BCUT2D eigenvalue weighted by molar-refractivity contribution is -0.118. The third-order valence-corrected chi connectivity index (χ3v) is 3.74. The third kappa shape index (κ3) is 5.46. The van der Waals surface area contributed by atoms with Gasteiger partial charge in [-0.1, -0.05) is 43.6 Å². The number of halogens is 2. The topological polar surface area (TPSA) is 70.2 Å². The number of benzene rings is 2. The molecule has 7 heteroatoms. The Hall–Kier alpha value is -2.60. The molecule has 0 heterocycles. The van der Waals surface area contributed by atoms with Gasteiger partial charge in [0.15, 0.2) is 0 Å². The summed E-state index contributed by atoms with van der Waals surface area (Å²) in [4.78, 5) is 24.6. The predicted octanol–water partition coefficient (Wildman–Crippen LogP) is 4.26. The van der Waals surface area contributed by atoms with Crippen molar-refractivity contribution in [2.24, 2.45) is 5.92 Å². The Morgan fingerprint density at radius 1 is 1.00 bits per heavy atom. The maximum absolute atomic E-state index is 13.2. The summed E-state index contributed by atoms with van der Waals surface area (Å²) in [6, 6.07) is 11.5. The van der Waals surface area contributed by atoms with Crippen LogP contribution in [0.5, 0.6) is 0 Å². The Morgan fingerprint density at radius 3 is 2.28 bits per heavy atom. The van der Waals surface area contributed by atoms with Crippen molar-refractivity contribution in [2.75, 3.05) is 10.6 Å². The van der Waals surface area contributed by atoms with Crippen LogP contribution in [0.4, 0.5) is 20.6 Å². The van der Waals surface area contributed by atoms with Crippen molar-refractivity contribution < 1.29 is 14.0 Å². The largest absolute Gasteiger partial charge is 0.326 e. The summed E-state index contributed by atoms with van der Waals surface area (Å²) in [5.74, 6) is -1.14. The Morgan fingerprint density at radius 2 is 1.68 bits per heavy atom. The highest BCUT2D eigenvalue weighted by Crippen LogP contribution is 2.20. The zero-order chi connectivity index (χ0) is 18.4. The van der Waals surface area contributed by atoms with Gasteiger partial charge in [0.2, 0.25) is 5.91 Å².